The summed E-state index contributed by atoms with van der Waals surface area (Å²) in [5.74, 6) is 0. The van der Waals surface area contributed by atoms with Crippen LogP contribution >= 0.6 is 0 Å². The first kappa shape index (κ1) is 29.0. The van der Waals surface area contributed by atoms with Crippen LogP contribution in [0.3, 0.4) is 0 Å². The van der Waals surface area contributed by atoms with E-state index >= 15 is 0 Å². The highest BCUT2D eigenvalue weighted by atomic mass is 15.0. The quantitative estimate of drug-likeness (QED) is 0.192. The average molecular weight is 638 g/mol. The van der Waals surface area contributed by atoms with E-state index in [1.54, 1.807) is 0 Å². The highest BCUT2D eigenvalue weighted by Gasteiger charge is 2.23. The van der Waals surface area contributed by atoms with Gasteiger partial charge in [0, 0.05) is 44.1 Å². The summed E-state index contributed by atoms with van der Waals surface area (Å²) in [4.78, 5) is 0. The number of benzene rings is 6. The van der Waals surface area contributed by atoms with E-state index in [0.29, 0.717) is 16.7 Å². The van der Waals surface area contributed by atoms with E-state index in [1.807, 2.05) is 48.5 Å². The second-order valence-electron chi connectivity index (χ2n) is 12.5. The molecule has 0 radical (unpaired) electrons. The summed E-state index contributed by atoms with van der Waals surface area (Å²) in [5.41, 5.74) is 11.9. The van der Waals surface area contributed by atoms with Crippen molar-refractivity contribution in [3.63, 3.8) is 0 Å². The second kappa shape index (κ2) is 11.5. The normalized spacial score (nSPS) is 12.8. The Morgan fingerprint density at radius 1 is 0.540 bits per heavy atom. The van der Waals surface area contributed by atoms with E-state index in [-0.39, 0.29) is 0 Å². The van der Waals surface area contributed by atoms with Crippen LogP contribution in [0.25, 0.3) is 71.7 Å². The fourth-order valence-corrected chi connectivity index (χ4v) is 7.81. The molecule has 0 aliphatic heterocycles. The molecule has 9 rings (SSSR count). The van der Waals surface area contributed by atoms with Gasteiger partial charge in [-0.3, -0.25) is 0 Å². The fraction of sp³-hybridized carbons (Fsp3) is 0.0444. The van der Waals surface area contributed by atoms with Gasteiger partial charge < -0.3 is 9.13 Å². The Kier molecular flexibility index (Phi) is 6.70. The molecule has 0 spiro atoms. The Balaban J connectivity index is 1.27. The Bertz CT molecular complexity index is 2840. The predicted octanol–water partition coefficient (Wildman–Crippen LogP) is 10.9. The van der Waals surface area contributed by atoms with Gasteiger partial charge in [0.15, 0.2) is 0 Å². The Morgan fingerprint density at radius 3 is 1.92 bits per heavy atom. The monoisotopic (exact) mass is 637 g/mol. The average Bonchev–Trinajstić information content (AvgIpc) is 3.70. The van der Waals surface area contributed by atoms with Gasteiger partial charge in [-0.1, -0.05) is 78.9 Å². The van der Waals surface area contributed by atoms with Crippen LogP contribution in [0.1, 0.15) is 35.1 Å². The zero-order valence-electron chi connectivity index (χ0n) is 26.9. The summed E-state index contributed by atoms with van der Waals surface area (Å²) >= 11 is 0. The van der Waals surface area contributed by atoms with Gasteiger partial charge in [-0.25, -0.2) is 0 Å². The molecule has 2 heterocycles. The van der Waals surface area contributed by atoms with E-state index in [0.717, 1.165) is 79.3 Å². The molecule has 0 N–H and O–H groups in total. The standard InChI is InChI=1S/C45H27N5/c46-26-29-19-24-42-38(25-29)45-32(28-48)10-8-18-43(45)50(42)41-17-6-3-13-36(41)37-14-7-9-31(27-47)44(37)30-20-22-33(23-21-30)49-39-15-4-1-11-34(39)35-12-2-5-16-40(35)49/h1-5,7-16,18-25H,6,17H2. The van der Waals surface area contributed by atoms with E-state index in [2.05, 4.69) is 118 Å². The van der Waals surface area contributed by atoms with Crippen molar-refractivity contribution >= 4 is 54.9 Å². The molecule has 0 unspecified atom stereocenters. The van der Waals surface area contributed by atoms with Gasteiger partial charge in [-0.2, -0.15) is 15.8 Å². The van der Waals surface area contributed by atoms with Crippen molar-refractivity contribution in [2.45, 2.75) is 12.8 Å². The lowest BCUT2D eigenvalue weighted by Crippen LogP contribution is -2.05. The van der Waals surface area contributed by atoms with Crippen LogP contribution in [0.4, 0.5) is 0 Å². The molecule has 6 aromatic carbocycles. The number of para-hydroxylation sites is 2. The molecule has 0 atom stereocenters. The third-order valence-corrected chi connectivity index (χ3v) is 9.92. The maximum atomic E-state index is 10.4. The first-order valence-electron chi connectivity index (χ1n) is 16.6. The lowest BCUT2D eigenvalue weighted by atomic mass is 9.87. The summed E-state index contributed by atoms with van der Waals surface area (Å²) in [6.45, 7) is 0. The maximum absolute atomic E-state index is 10.4. The molecular formula is C45H27N5. The molecular weight excluding hydrogens is 611 g/mol. The van der Waals surface area contributed by atoms with Crippen LogP contribution in [-0.4, -0.2) is 9.13 Å². The zero-order chi connectivity index (χ0) is 33.8. The second-order valence-corrected chi connectivity index (χ2v) is 12.5. The molecule has 50 heavy (non-hydrogen) atoms. The fourth-order valence-electron chi connectivity index (χ4n) is 7.81. The number of aromatic nitrogens is 2. The van der Waals surface area contributed by atoms with Crippen LogP contribution in [0.15, 0.2) is 140 Å². The highest BCUT2D eigenvalue weighted by molar-refractivity contribution is 6.15. The van der Waals surface area contributed by atoms with E-state index < -0.39 is 0 Å². The first-order valence-corrected chi connectivity index (χ1v) is 16.6. The van der Waals surface area contributed by atoms with Crippen LogP contribution in [0.5, 0.6) is 0 Å². The molecule has 5 heteroatoms. The minimum Gasteiger partial charge on any atom is -0.312 e. The van der Waals surface area contributed by atoms with Crippen molar-refractivity contribution in [1.29, 1.82) is 15.8 Å². The van der Waals surface area contributed by atoms with Crippen molar-refractivity contribution in [2.24, 2.45) is 0 Å². The minimum atomic E-state index is 0.551. The summed E-state index contributed by atoms with van der Waals surface area (Å²) < 4.78 is 4.55. The van der Waals surface area contributed by atoms with Gasteiger partial charge in [-0.05, 0) is 84.6 Å². The molecule has 0 bridgehead atoms. The largest absolute Gasteiger partial charge is 0.312 e. The molecule has 1 aliphatic carbocycles. The third-order valence-electron chi connectivity index (χ3n) is 9.92. The third kappa shape index (κ3) is 4.30. The highest BCUT2D eigenvalue weighted by Crippen LogP contribution is 2.43. The molecule has 0 saturated carbocycles. The van der Waals surface area contributed by atoms with Crippen LogP contribution in [0.2, 0.25) is 0 Å². The van der Waals surface area contributed by atoms with Crippen molar-refractivity contribution in [1.82, 2.24) is 9.13 Å². The molecule has 2 aromatic heterocycles. The van der Waals surface area contributed by atoms with E-state index in [9.17, 15) is 15.8 Å². The first-order chi connectivity index (χ1) is 24.7. The van der Waals surface area contributed by atoms with Crippen molar-refractivity contribution < 1.29 is 0 Å². The van der Waals surface area contributed by atoms with Gasteiger partial charge in [0.1, 0.15) is 0 Å². The zero-order valence-corrected chi connectivity index (χ0v) is 26.9. The smallest absolute Gasteiger partial charge is 0.0998 e. The van der Waals surface area contributed by atoms with Crippen molar-refractivity contribution in [3.8, 4) is 35.0 Å². The topological polar surface area (TPSA) is 81.2 Å². The van der Waals surface area contributed by atoms with Gasteiger partial charge in [0.05, 0.1) is 57.0 Å². The predicted molar refractivity (Wildman–Crippen MR) is 201 cm³/mol. The molecule has 1 aliphatic rings. The number of hydrogen-bond donors (Lipinski definition) is 0. The molecule has 232 valence electrons. The molecule has 0 amide bonds. The molecule has 8 aromatic rings. The number of allylic oxidation sites excluding steroid dienone is 4. The summed E-state index contributed by atoms with van der Waals surface area (Å²) in [6.07, 6.45) is 5.98. The number of nitriles is 3. The van der Waals surface area contributed by atoms with Crippen molar-refractivity contribution in [3.05, 3.63) is 162 Å². The Labute approximate surface area is 288 Å². The van der Waals surface area contributed by atoms with E-state index in [1.165, 1.54) is 10.8 Å². The van der Waals surface area contributed by atoms with Gasteiger partial charge in [-0.15, -0.1) is 0 Å². The van der Waals surface area contributed by atoms with Gasteiger partial charge >= 0.3 is 0 Å². The van der Waals surface area contributed by atoms with Crippen molar-refractivity contribution in [2.75, 3.05) is 0 Å². The van der Waals surface area contributed by atoms with Crippen LogP contribution in [0, 0.1) is 34.0 Å². The Hall–Kier alpha value is -7.13. The molecule has 0 fully saturated rings. The summed E-state index contributed by atoms with van der Waals surface area (Å²) in [7, 11) is 0. The maximum Gasteiger partial charge on any atom is 0.0998 e. The number of nitrogens with zero attached hydrogens (tertiary/aromatic N) is 5. The minimum absolute atomic E-state index is 0.551. The number of fused-ring (bicyclic) bond motifs is 6. The molecule has 5 nitrogen and oxygen atoms in total. The SMILES string of the molecule is N#Cc1ccc2c(c1)c1c(C#N)cccc1n2C1=C(c2cccc(C#N)c2-c2ccc(-n3c4ccccc4c4ccccc43)cc2)C=CCC1. The molecule has 0 saturated heterocycles. The van der Waals surface area contributed by atoms with Gasteiger partial charge in [0.2, 0.25) is 0 Å². The lowest BCUT2D eigenvalue weighted by molar-refractivity contribution is 0.983. The van der Waals surface area contributed by atoms with Crippen LogP contribution in [-0.2, 0) is 0 Å². The Morgan fingerprint density at radius 2 is 1.20 bits per heavy atom. The summed E-state index contributed by atoms with van der Waals surface area (Å²) in [6, 6.07) is 50.0. The summed E-state index contributed by atoms with van der Waals surface area (Å²) in [5, 5.41) is 34.4. The van der Waals surface area contributed by atoms with E-state index in [4.69, 9.17) is 0 Å². The van der Waals surface area contributed by atoms with Gasteiger partial charge in [0.25, 0.3) is 0 Å². The number of rotatable bonds is 4. The number of hydrogen-bond acceptors (Lipinski definition) is 3. The van der Waals surface area contributed by atoms with Crippen LogP contribution < -0.4 is 0 Å². The lowest BCUT2D eigenvalue weighted by Gasteiger charge is -2.22.